The fraction of sp³-hybridized carbons (Fsp3) is 0.381. The van der Waals surface area contributed by atoms with Crippen LogP contribution >= 0.6 is 11.6 Å². The smallest absolute Gasteiger partial charge is 0.343 e. The monoisotopic (exact) mass is 421 g/mol. The number of carbonyl (C=O) groups excluding carboxylic acids is 1. The van der Waals surface area contributed by atoms with Crippen LogP contribution in [0.25, 0.3) is 0 Å². The number of carbonyl (C=O) groups is 1. The third-order valence-electron chi connectivity index (χ3n) is 4.92. The van der Waals surface area contributed by atoms with E-state index in [1.807, 2.05) is 19.1 Å². The number of esters is 1. The van der Waals surface area contributed by atoms with Crippen molar-refractivity contribution < 1.29 is 17.9 Å². The summed E-state index contributed by atoms with van der Waals surface area (Å²) >= 11 is 6.13. The van der Waals surface area contributed by atoms with E-state index in [2.05, 4.69) is 13.8 Å². The second-order valence-corrected chi connectivity index (χ2v) is 9.63. The Morgan fingerprint density at radius 2 is 1.79 bits per heavy atom. The third-order valence-corrected chi connectivity index (χ3v) is 7.30. The second kappa shape index (κ2) is 8.23. The summed E-state index contributed by atoms with van der Waals surface area (Å²) in [5.74, 6) is 0.177. The maximum absolute atomic E-state index is 12.8. The fourth-order valence-electron chi connectivity index (χ4n) is 3.42. The lowest BCUT2D eigenvalue weighted by Gasteiger charge is -2.17. The largest absolute Gasteiger partial charge is 0.423 e. The first-order chi connectivity index (χ1) is 13.2. The molecule has 7 heteroatoms. The summed E-state index contributed by atoms with van der Waals surface area (Å²) in [5.41, 5.74) is 2.37. The molecular weight excluding hydrogens is 398 g/mol. The molecule has 0 spiro atoms. The summed E-state index contributed by atoms with van der Waals surface area (Å²) in [4.78, 5) is 12.5. The molecule has 1 aliphatic rings. The van der Waals surface area contributed by atoms with Crippen molar-refractivity contribution in [1.29, 1.82) is 0 Å². The highest BCUT2D eigenvalue weighted by molar-refractivity contribution is 7.89. The van der Waals surface area contributed by atoms with E-state index in [0.29, 0.717) is 24.8 Å². The molecule has 2 aromatic carbocycles. The van der Waals surface area contributed by atoms with Crippen LogP contribution in [0.5, 0.6) is 5.75 Å². The number of rotatable bonds is 5. The average Bonchev–Trinajstić information content (AvgIpc) is 3.17. The molecular formula is C21H24ClNO4S. The Hall–Kier alpha value is -1.89. The molecule has 0 bridgehead atoms. The molecule has 0 atom stereocenters. The number of aryl methyl sites for hydroxylation is 1. The van der Waals surface area contributed by atoms with Gasteiger partial charge < -0.3 is 4.74 Å². The Kier molecular flexibility index (Phi) is 6.12. The number of hydrogen-bond acceptors (Lipinski definition) is 4. The molecule has 1 saturated heterocycles. The topological polar surface area (TPSA) is 63.7 Å². The van der Waals surface area contributed by atoms with E-state index in [9.17, 15) is 13.2 Å². The first-order valence-corrected chi connectivity index (χ1v) is 11.1. The Morgan fingerprint density at radius 3 is 2.39 bits per heavy atom. The number of benzene rings is 2. The van der Waals surface area contributed by atoms with Gasteiger partial charge in [0.25, 0.3) is 0 Å². The van der Waals surface area contributed by atoms with Crippen molar-refractivity contribution in [2.75, 3.05) is 13.1 Å². The van der Waals surface area contributed by atoms with Crippen LogP contribution in [-0.4, -0.2) is 31.8 Å². The SMILES string of the molecule is Cc1cc(OC(=O)c2ccc(Cl)c(S(=O)(=O)N3CCCC3)c2)ccc1C(C)C. The molecule has 0 N–H and O–H groups in total. The van der Waals surface area contributed by atoms with Crippen molar-refractivity contribution in [3.8, 4) is 5.75 Å². The maximum Gasteiger partial charge on any atom is 0.343 e. The van der Waals surface area contributed by atoms with Crippen LogP contribution in [0.1, 0.15) is 54.1 Å². The quantitative estimate of drug-likeness (QED) is 0.515. The van der Waals surface area contributed by atoms with Crippen molar-refractivity contribution in [1.82, 2.24) is 4.31 Å². The van der Waals surface area contributed by atoms with E-state index in [-0.39, 0.29) is 15.5 Å². The third kappa shape index (κ3) is 4.24. The summed E-state index contributed by atoms with van der Waals surface area (Å²) in [5, 5.41) is 0.0978. The standard InChI is InChI=1S/C21H24ClNO4S/c1-14(2)18-8-7-17(12-15(18)3)27-21(24)16-6-9-19(22)20(13-16)28(25,26)23-10-4-5-11-23/h6-9,12-14H,4-5,10-11H2,1-3H3. The van der Waals surface area contributed by atoms with Gasteiger partial charge >= 0.3 is 5.97 Å². The summed E-state index contributed by atoms with van der Waals surface area (Å²) < 4.78 is 32.5. The average molecular weight is 422 g/mol. The van der Waals surface area contributed by atoms with Crippen molar-refractivity contribution in [2.45, 2.75) is 44.4 Å². The van der Waals surface area contributed by atoms with E-state index in [1.54, 1.807) is 6.07 Å². The van der Waals surface area contributed by atoms with Crippen LogP contribution in [0, 0.1) is 6.92 Å². The van der Waals surface area contributed by atoms with Crippen LogP contribution in [0.2, 0.25) is 5.02 Å². The van der Waals surface area contributed by atoms with E-state index in [1.165, 1.54) is 28.1 Å². The molecule has 3 rings (SSSR count). The lowest BCUT2D eigenvalue weighted by atomic mass is 9.98. The van der Waals surface area contributed by atoms with Gasteiger partial charge in [0.1, 0.15) is 10.6 Å². The minimum absolute atomic E-state index is 0.0585. The predicted molar refractivity (Wildman–Crippen MR) is 110 cm³/mol. The van der Waals surface area contributed by atoms with Gasteiger partial charge in [0.05, 0.1) is 10.6 Å². The van der Waals surface area contributed by atoms with Crippen LogP contribution in [0.15, 0.2) is 41.3 Å². The number of sulfonamides is 1. The van der Waals surface area contributed by atoms with Crippen LogP contribution in [-0.2, 0) is 10.0 Å². The minimum Gasteiger partial charge on any atom is -0.423 e. The summed E-state index contributed by atoms with van der Waals surface area (Å²) in [7, 11) is -3.73. The zero-order chi connectivity index (χ0) is 20.5. The highest BCUT2D eigenvalue weighted by Crippen LogP contribution is 2.29. The number of halogens is 1. The summed E-state index contributed by atoms with van der Waals surface area (Å²) in [6, 6.07) is 9.70. The van der Waals surface area contributed by atoms with E-state index < -0.39 is 16.0 Å². The molecule has 0 saturated carbocycles. The van der Waals surface area contributed by atoms with Gasteiger partial charge in [-0.3, -0.25) is 0 Å². The van der Waals surface area contributed by atoms with Gasteiger partial charge in [0, 0.05) is 13.1 Å². The molecule has 150 valence electrons. The van der Waals surface area contributed by atoms with Gasteiger partial charge in [0.15, 0.2) is 0 Å². The van der Waals surface area contributed by atoms with Crippen molar-refractivity contribution in [3.63, 3.8) is 0 Å². The molecule has 0 amide bonds. The molecule has 2 aromatic rings. The van der Waals surface area contributed by atoms with Gasteiger partial charge in [-0.15, -0.1) is 0 Å². The van der Waals surface area contributed by atoms with Gasteiger partial charge in [-0.25, -0.2) is 13.2 Å². The maximum atomic E-state index is 12.8. The molecule has 0 radical (unpaired) electrons. The predicted octanol–water partition coefficient (Wildman–Crippen LogP) is 4.78. The van der Waals surface area contributed by atoms with E-state index in [0.717, 1.165) is 18.4 Å². The normalized spacial score (nSPS) is 15.2. The highest BCUT2D eigenvalue weighted by Gasteiger charge is 2.30. The van der Waals surface area contributed by atoms with Crippen molar-refractivity contribution in [2.24, 2.45) is 0 Å². The number of nitrogens with zero attached hydrogens (tertiary/aromatic N) is 1. The first-order valence-electron chi connectivity index (χ1n) is 9.32. The van der Waals surface area contributed by atoms with Crippen molar-refractivity contribution >= 4 is 27.6 Å². The Balaban J connectivity index is 1.86. The minimum atomic E-state index is -3.73. The van der Waals surface area contributed by atoms with Crippen LogP contribution in [0.3, 0.4) is 0 Å². The second-order valence-electron chi connectivity index (χ2n) is 7.32. The highest BCUT2D eigenvalue weighted by atomic mass is 35.5. The number of ether oxygens (including phenoxy) is 1. The molecule has 28 heavy (non-hydrogen) atoms. The summed E-state index contributed by atoms with van der Waals surface area (Å²) in [6.07, 6.45) is 1.65. The van der Waals surface area contributed by atoms with Crippen molar-refractivity contribution in [3.05, 3.63) is 58.1 Å². The van der Waals surface area contributed by atoms with E-state index >= 15 is 0 Å². The molecule has 0 aromatic heterocycles. The van der Waals surface area contributed by atoms with Crippen LogP contribution in [0.4, 0.5) is 0 Å². The zero-order valence-corrected chi connectivity index (χ0v) is 17.8. The van der Waals surface area contributed by atoms with Gasteiger partial charge in [-0.2, -0.15) is 4.31 Å². The fourth-order valence-corrected chi connectivity index (χ4v) is 5.44. The lowest BCUT2D eigenvalue weighted by molar-refractivity contribution is 0.0734. The first kappa shape index (κ1) is 20.8. The molecule has 1 fully saturated rings. The zero-order valence-electron chi connectivity index (χ0n) is 16.2. The Bertz CT molecular complexity index is 995. The lowest BCUT2D eigenvalue weighted by Crippen LogP contribution is -2.28. The summed E-state index contributed by atoms with van der Waals surface area (Å²) in [6.45, 7) is 7.10. The molecule has 1 aliphatic heterocycles. The molecule has 5 nitrogen and oxygen atoms in total. The number of hydrogen-bond donors (Lipinski definition) is 0. The Labute approximate surface area is 171 Å². The molecule has 0 unspecified atom stereocenters. The van der Waals surface area contributed by atoms with Gasteiger partial charge in [-0.05, 0) is 67.1 Å². The van der Waals surface area contributed by atoms with Crippen LogP contribution < -0.4 is 4.74 Å². The van der Waals surface area contributed by atoms with E-state index in [4.69, 9.17) is 16.3 Å². The molecule has 1 heterocycles. The Morgan fingerprint density at radius 1 is 1.11 bits per heavy atom. The molecule has 0 aliphatic carbocycles. The van der Waals surface area contributed by atoms with Gasteiger partial charge in [-0.1, -0.05) is 31.5 Å². The van der Waals surface area contributed by atoms with Gasteiger partial charge in [0.2, 0.25) is 10.0 Å².